The van der Waals surface area contributed by atoms with E-state index < -0.39 is 0 Å². The van der Waals surface area contributed by atoms with E-state index in [1.807, 2.05) is 0 Å². The van der Waals surface area contributed by atoms with Crippen LogP contribution in [-0.2, 0) is 6.42 Å². The fourth-order valence-electron chi connectivity index (χ4n) is 3.41. The van der Waals surface area contributed by atoms with Crippen molar-refractivity contribution >= 4 is 0 Å². The predicted molar refractivity (Wildman–Crippen MR) is 67.4 cm³/mol. The zero-order valence-electron chi connectivity index (χ0n) is 9.94. The smallest absolute Gasteiger partial charge is 0.00124 e. The molecule has 16 heavy (non-hydrogen) atoms. The lowest BCUT2D eigenvalue weighted by atomic mass is 9.76. The number of benzene rings is 1. The van der Waals surface area contributed by atoms with Gasteiger partial charge in [-0.2, -0.15) is 0 Å². The molecule has 1 atom stereocenters. The Morgan fingerprint density at radius 1 is 1.06 bits per heavy atom. The predicted octanol–water partition coefficient (Wildman–Crippen LogP) is 2.96. The van der Waals surface area contributed by atoms with E-state index in [1.54, 1.807) is 0 Å². The van der Waals surface area contributed by atoms with Gasteiger partial charge in [0.15, 0.2) is 0 Å². The lowest BCUT2D eigenvalue weighted by molar-refractivity contribution is 0.0469. The van der Waals surface area contributed by atoms with Gasteiger partial charge in [-0.15, -0.1) is 0 Å². The average molecular weight is 215 g/mol. The number of rotatable bonds is 3. The molecule has 3 aliphatic rings. The molecule has 3 aliphatic heterocycles. The average Bonchev–Trinajstić information content (AvgIpc) is 2.39. The van der Waals surface area contributed by atoms with Crippen molar-refractivity contribution in [1.29, 1.82) is 0 Å². The van der Waals surface area contributed by atoms with Crippen molar-refractivity contribution in [1.82, 2.24) is 4.90 Å². The molecule has 1 nitrogen and oxygen atoms in total. The fraction of sp³-hybridized carbons (Fsp3) is 0.600. The Bertz CT molecular complexity index is 325. The highest BCUT2D eigenvalue weighted by atomic mass is 15.1. The van der Waals surface area contributed by atoms with Crippen LogP contribution in [0.1, 0.15) is 24.8 Å². The molecule has 1 heteroatoms. The zero-order valence-corrected chi connectivity index (χ0v) is 9.94. The lowest BCUT2D eigenvalue weighted by Crippen LogP contribution is -2.47. The van der Waals surface area contributed by atoms with Crippen molar-refractivity contribution in [2.45, 2.75) is 25.7 Å². The summed E-state index contributed by atoms with van der Waals surface area (Å²) in [4.78, 5) is 2.66. The molecule has 3 saturated heterocycles. The molecule has 3 heterocycles. The quantitative estimate of drug-likeness (QED) is 0.749. The van der Waals surface area contributed by atoms with Gasteiger partial charge in [-0.1, -0.05) is 30.3 Å². The largest absolute Gasteiger partial charge is 0.303 e. The summed E-state index contributed by atoms with van der Waals surface area (Å²) in [6.45, 7) is 4.11. The van der Waals surface area contributed by atoms with Crippen molar-refractivity contribution in [2.24, 2.45) is 11.8 Å². The van der Waals surface area contributed by atoms with E-state index in [4.69, 9.17) is 0 Å². The molecule has 0 N–H and O–H groups in total. The molecule has 3 fully saturated rings. The summed E-state index contributed by atoms with van der Waals surface area (Å²) >= 11 is 0. The van der Waals surface area contributed by atoms with Crippen molar-refractivity contribution < 1.29 is 0 Å². The highest BCUT2D eigenvalue weighted by Gasteiger charge is 2.33. The first-order valence-corrected chi connectivity index (χ1v) is 6.68. The SMILES string of the molecule is c1ccc(CCC2CN3CCC2CC3)cc1. The van der Waals surface area contributed by atoms with Gasteiger partial charge in [0.05, 0.1) is 0 Å². The molecule has 1 unspecified atom stereocenters. The molecule has 1 aromatic rings. The monoisotopic (exact) mass is 215 g/mol. The zero-order chi connectivity index (χ0) is 10.8. The Balaban J connectivity index is 1.56. The van der Waals surface area contributed by atoms with Crippen LogP contribution in [0.5, 0.6) is 0 Å². The first kappa shape index (κ1) is 10.3. The fourth-order valence-corrected chi connectivity index (χ4v) is 3.41. The lowest BCUT2D eigenvalue weighted by Gasteiger charge is -2.45. The van der Waals surface area contributed by atoms with Gasteiger partial charge in [-0.3, -0.25) is 0 Å². The van der Waals surface area contributed by atoms with Gasteiger partial charge in [0.25, 0.3) is 0 Å². The Labute approximate surface area is 98.5 Å². The summed E-state index contributed by atoms with van der Waals surface area (Å²) in [5, 5.41) is 0. The molecule has 1 aromatic carbocycles. The molecular formula is C15H21N. The van der Waals surface area contributed by atoms with Crippen molar-refractivity contribution in [3.05, 3.63) is 35.9 Å². The maximum absolute atomic E-state index is 2.66. The maximum atomic E-state index is 2.66. The van der Waals surface area contributed by atoms with Crippen LogP contribution < -0.4 is 0 Å². The third-order valence-corrected chi connectivity index (χ3v) is 4.44. The number of piperidine rings is 3. The molecule has 0 radical (unpaired) electrons. The second-order valence-electron chi connectivity index (χ2n) is 5.42. The maximum Gasteiger partial charge on any atom is 0.00124 e. The Kier molecular flexibility index (Phi) is 2.96. The van der Waals surface area contributed by atoms with Gasteiger partial charge in [0.1, 0.15) is 0 Å². The molecule has 2 bridgehead atoms. The Morgan fingerprint density at radius 2 is 1.81 bits per heavy atom. The Hall–Kier alpha value is -0.820. The van der Waals surface area contributed by atoms with Crippen LogP contribution >= 0.6 is 0 Å². The first-order chi connectivity index (χ1) is 7.92. The van der Waals surface area contributed by atoms with Gasteiger partial charge < -0.3 is 4.90 Å². The Morgan fingerprint density at radius 3 is 2.44 bits per heavy atom. The summed E-state index contributed by atoms with van der Waals surface area (Å²) in [5.41, 5.74) is 1.51. The number of hydrogen-bond acceptors (Lipinski definition) is 1. The van der Waals surface area contributed by atoms with Gasteiger partial charge in [-0.05, 0) is 56.2 Å². The second kappa shape index (κ2) is 4.58. The van der Waals surface area contributed by atoms with Crippen LogP contribution in [0.4, 0.5) is 0 Å². The molecule has 0 saturated carbocycles. The highest BCUT2D eigenvalue weighted by molar-refractivity contribution is 5.14. The minimum absolute atomic E-state index is 0.975. The van der Waals surface area contributed by atoms with Crippen molar-refractivity contribution in [3.8, 4) is 0 Å². The van der Waals surface area contributed by atoms with Crippen LogP contribution in [0.25, 0.3) is 0 Å². The van der Waals surface area contributed by atoms with Crippen LogP contribution in [-0.4, -0.2) is 24.5 Å². The highest BCUT2D eigenvalue weighted by Crippen LogP contribution is 2.34. The molecular weight excluding hydrogens is 194 g/mol. The summed E-state index contributed by atoms with van der Waals surface area (Å²) < 4.78 is 0. The first-order valence-electron chi connectivity index (χ1n) is 6.68. The third-order valence-electron chi connectivity index (χ3n) is 4.44. The van der Waals surface area contributed by atoms with E-state index in [-0.39, 0.29) is 0 Å². The number of fused-ring (bicyclic) bond motifs is 3. The van der Waals surface area contributed by atoms with Crippen LogP contribution in [0.15, 0.2) is 30.3 Å². The molecule has 0 aromatic heterocycles. The van der Waals surface area contributed by atoms with Gasteiger partial charge in [0, 0.05) is 6.54 Å². The normalized spacial score (nSPS) is 32.9. The minimum atomic E-state index is 0.975. The molecule has 0 spiro atoms. The van der Waals surface area contributed by atoms with E-state index in [0.29, 0.717) is 0 Å². The summed E-state index contributed by atoms with van der Waals surface area (Å²) in [6.07, 6.45) is 5.58. The van der Waals surface area contributed by atoms with E-state index in [2.05, 4.69) is 35.2 Å². The van der Waals surface area contributed by atoms with Gasteiger partial charge in [0.2, 0.25) is 0 Å². The van der Waals surface area contributed by atoms with Crippen molar-refractivity contribution in [3.63, 3.8) is 0 Å². The second-order valence-corrected chi connectivity index (χ2v) is 5.42. The minimum Gasteiger partial charge on any atom is -0.303 e. The van der Waals surface area contributed by atoms with Crippen LogP contribution in [0.3, 0.4) is 0 Å². The van der Waals surface area contributed by atoms with Crippen molar-refractivity contribution in [2.75, 3.05) is 19.6 Å². The number of aryl methyl sites for hydroxylation is 1. The topological polar surface area (TPSA) is 3.24 Å². The number of nitrogens with zero attached hydrogens (tertiary/aromatic N) is 1. The van der Waals surface area contributed by atoms with Crippen LogP contribution in [0.2, 0.25) is 0 Å². The third kappa shape index (κ3) is 2.15. The van der Waals surface area contributed by atoms with Gasteiger partial charge >= 0.3 is 0 Å². The number of hydrogen-bond donors (Lipinski definition) is 0. The molecule has 4 rings (SSSR count). The van der Waals surface area contributed by atoms with E-state index in [9.17, 15) is 0 Å². The molecule has 86 valence electrons. The van der Waals surface area contributed by atoms with Gasteiger partial charge in [-0.25, -0.2) is 0 Å². The van der Waals surface area contributed by atoms with E-state index in [1.165, 1.54) is 50.9 Å². The summed E-state index contributed by atoms with van der Waals surface area (Å²) in [6, 6.07) is 11.0. The van der Waals surface area contributed by atoms with E-state index >= 15 is 0 Å². The van der Waals surface area contributed by atoms with Crippen LogP contribution in [0, 0.1) is 11.8 Å². The standard InChI is InChI=1S/C15H21N/c1-2-4-13(5-3-1)6-7-15-12-16-10-8-14(15)9-11-16/h1-5,14-15H,6-12H2. The summed E-state index contributed by atoms with van der Waals surface area (Å²) in [7, 11) is 0. The van der Waals surface area contributed by atoms with E-state index in [0.717, 1.165) is 11.8 Å². The summed E-state index contributed by atoms with van der Waals surface area (Å²) in [5.74, 6) is 2.01. The molecule has 0 aliphatic carbocycles. The molecule has 0 amide bonds.